The van der Waals surface area contributed by atoms with Gasteiger partial charge in [-0.05, 0) is 52.9 Å². The monoisotopic (exact) mass is 357 g/mol. The SMILES string of the molecule is CCCNC(c1cc(OC)c(Br)cc1OC)C(C)C(C)C. The average Bonchev–Trinajstić information content (AvgIpc) is 2.47. The van der Waals surface area contributed by atoms with Crippen LogP contribution in [-0.4, -0.2) is 20.8 Å². The molecule has 1 aromatic carbocycles. The van der Waals surface area contributed by atoms with E-state index in [4.69, 9.17) is 9.47 Å². The van der Waals surface area contributed by atoms with Crippen molar-refractivity contribution in [2.75, 3.05) is 20.8 Å². The Kier molecular flexibility index (Phi) is 7.53. The molecule has 0 aliphatic heterocycles. The Hall–Kier alpha value is -0.740. The molecule has 1 rings (SSSR count). The lowest BCUT2D eigenvalue weighted by Crippen LogP contribution is -2.30. The Labute approximate surface area is 137 Å². The molecule has 2 atom stereocenters. The molecule has 21 heavy (non-hydrogen) atoms. The van der Waals surface area contributed by atoms with Crippen molar-refractivity contribution in [2.45, 2.75) is 40.2 Å². The molecule has 1 aromatic rings. The number of hydrogen-bond acceptors (Lipinski definition) is 3. The van der Waals surface area contributed by atoms with Crippen molar-refractivity contribution < 1.29 is 9.47 Å². The zero-order chi connectivity index (χ0) is 16.0. The van der Waals surface area contributed by atoms with E-state index in [0.29, 0.717) is 11.8 Å². The summed E-state index contributed by atoms with van der Waals surface area (Å²) in [6.45, 7) is 9.97. The molecule has 0 saturated carbocycles. The molecule has 0 amide bonds. The summed E-state index contributed by atoms with van der Waals surface area (Å²) in [7, 11) is 3.41. The van der Waals surface area contributed by atoms with Gasteiger partial charge >= 0.3 is 0 Å². The van der Waals surface area contributed by atoms with E-state index in [0.717, 1.165) is 34.5 Å². The van der Waals surface area contributed by atoms with Gasteiger partial charge in [-0.25, -0.2) is 0 Å². The second-order valence-electron chi connectivity index (χ2n) is 5.76. The standard InChI is InChI=1S/C17H28BrNO2/c1-7-8-19-17(12(4)11(2)3)13-9-16(21-6)14(18)10-15(13)20-5/h9-12,17,19H,7-8H2,1-6H3. The number of nitrogens with one attached hydrogen (secondary N) is 1. The van der Waals surface area contributed by atoms with Gasteiger partial charge in [-0.3, -0.25) is 0 Å². The molecule has 0 fully saturated rings. The van der Waals surface area contributed by atoms with Gasteiger partial charge in [-0.1, -0.05) is 27.7 Å². The maximum absolute atomic E-state index is 5.59. The molecule has 0 bridgehead atoms. The van der Waals surface area contributed by atoms with Crippen LogP contribution in [0.3, 0.4) is 0 Å². The van der Waals surface area contributed by atoms with Gasteiger partial charge < -0.3 is 14.8 Å². The Morgan fingerprint density at radius 1 is 1.10 bits per heavy atom. The van der Waals surface area contributed by atoms with Crippen LogP contribution in [-0.2, 0) is 0 Å². The maximum Gasteiger partial charge on any atom is 0.133 e. The van der Waals surface area contributed by atoms with E-state index >= 15 is 0 Å². The first-order chi connectivity index (χ1) is 9.96. The summed E-state index contributed by atoms with van der Waals surface area (Å²) in [6.07, 6.45) is 1.11. The van der Waals surface area contributed by atoms with E-state index in [9.17, 15) is 0 Å². The van der Waals surface area contributed by atoms with E-state index < -0.39 is 0 Å². The summed E-state index contributed by atoms with van der Waals surface area (Å²) < 4.78 is 12.0. The highest BCUT2D eigenvalue weighted by atomic mass is 79.9. The molecule has 0 radical (unpaired) electrons. The number of halogens is 1. The minimum atomic E-state index is 0.252. The minimum absolute atomic E-state index is 0.252. The Balaban J connectivity index is 3.27. The van der Waals surface area contributed by atoms with Crippen LogP contribution < -0.4 is 14.8 Å². The highest BCUT2D eigenvalue weighted by Gasteiger charge is 2.25. The lowest BCUT2D eigenvalue weighted by atomic mass is 9.85. The predicted octanol–water partition coefficient (Wildman–Crippen LogP) is 4.80. The van der Waals surface area contributed by atoms with E-state index in [1.165, 1.54) is 0 Å². The molecule has 120 valence electrons. The normalized spacial score (nSPS) is 14.1. The zero-order valence-corrected chi connectivity index (χ0v) is 15.6. The van der Waals surface area contributed by atoms with Gasteiger partial charge in [-0.15, -0.1) is 0 Å². The van der Waals surface area contributed by atoms with E-state index in [-0.39, 0.29) is 6.04 Å². The summed E-state index contributed by atoms with van der Waals surface area (Å²) in [5, 5.41) is 3.66. The third kappa shape index (κ3) is 4.62. The molecule has 1 N–H and O–H groups in total. The van der Waals surface area contributed by atoms with Crippen molar-refractivity contribution in [3.05, 3.63) is 22.2 Å². The topological polar surface area (TPSA) is 30.5 Å². The van der Waals surface area contributed by atoms with Crippen LogP contribution in [0.2, 0.25) is 0 Å². The van der Waals surface area contributed by atoms with Crippen molar-refractivity contribution in [1.29, 1.82) is 0 Å². The van der Waals surface area contributed by atoms with Crippen LogP contribution in [0, 0.1) is 11.8 Å². The van der Waals surface area contributed by atoms with Crippen molar-refractivity contribution in [3.8, 4) is 11.5 Å². The quantitative estimate of drug-likeness (QED) is 0.724. The van der Waals surface area contributed by atoms with E-state index in [1.54, 1.807) is 14.2 Å². The number of hydrogen-bond donors (Lipinski definition) is 1. The van der Waals surface area contributed by atoms with Crippen molar-refractivity contribution in [2.24, 2.45) is 11.8 Å². The number of benzene rings is 1. The second-order valence-corrected chi connectivity index (χ2v) is 6.62. The summed E-state index contributed by atoms with van der Waals surface area (Å²) in [6, 6.07) is 4.32. The lowest BCUT2D eigenvalue weighted by Gasteiger charge is -2.30. The fraction of sp³-hybridized carbons (Fsp3) is 0.647. The van der Waals surface area contributed by atoms with Crippen LogP contribution in [0.15, 0.2) is 16.6 Å². The molecule has 0 saturated heterocycles. The number of rotatable bonds is 8. The Bertz CT molecular complexity index is 449. The molecule has 4 heteroatoms. The van der Waals surface area contributed by atoms with Gasteiger partial charge in [0.25, 0.3) is 0 Å². The minimum Gasteiger partial charge on any atom is -0.496 e. The first-order valence-electron chi connectivity index (χ1n) is 7.61. The number of ether oxygens (including phenoxy) is 2. The fourth-order valence-electron chi connectivity index (χ4n) is 2.39. The van der Waals surface area contributed by atoms with E-state index in [2.05, 4.69) is 55.0 Å². The Morgan fingerprint density at radius 2 is 1.71 bits per heavy atom. The zero-order valence-electron chi connectivity index (χ0n) is 14.0. The van der Waals surface area contributed by atoms with Crippen LogP contribution >= 0.6 is 15.9 Å². The molecule has 0 aliphatic carbocycles. The first-order valence-corrected chi connectivity index (χ1v) is 8.40. The van der Waals surface area contributed by atoms with Gasteiger partial charge in [-0.2, -0.15) is 0 Å². The average molecular weight is 358 g/mol. The second kappa shape index (κ2) is 8.64. The lowest BCUT2D eigenvalue weighted by molar-refractivity contribution is 0.293. The molecule has 0 heterocycles. The smallest absolute Gasteiger partial charge is 0.133 e. The highest BCUT2D eigenvalue weighted by molar-refractivity contribution is 9.10. The van der Waals surface area contributed by atoms with Crippen molar-refractivity contribution >= 4 is 15.9 Å². The summed E-state index contributed by atoms with van der Waals surface area (Å²) in [5.74, 6) is 2.81. The molecule has 2 unspecified atom stereocenters. The van der Waals surface area contributed by atoms with Gasteiger partial charge in [0.05, 0.1) is 18.7 Å². The third-order valence-corrected chi connectivity index (χ3v) is 4.65. The summed E-state index contributed by atoms with van der Waals surface area (Å²) in [5.41, 5.74) is 1.16. The van der Waals surface area contributed by atoms with Gasteiger partial charge in [0.1, 0.15) is 11.5 Å². The largest absolute Gasteiger partial charge is 0.496 e. The van der Waals surface area contributed by atoms with Crippen LogP contribution in [0.5, 0.6) is 11.5 Å². The first kappa shape index (κ1) is 18.3. The number of methoxy groups -OCH3 is 2. The molecular formula is C17H28BrNO2. The molecule has 3 nitrogen and oxygen atoms in total. The summed E-state index contributed by atoms with van der Waals surface area (Å²) >= 11 is 3.52. The van der Waals surface area contributed by atoms with E-state index in [1.807, 2.05) is 6.07 Å². The van der Waals surface area contributed by atoms with Crippen LogP contribution in [0.4, 0.5) is 0 Å². The van der Waals surface area contributed by atoms with Crippen LogP contribution in [0.25, 0.3) is 0 Å². The molecule has 0 spiro atoms. The van der Waals surface area contributed by atoms with Crippen molar-refractivity contribution in [1.82, 2.24) is 5.32 Å². The highest BCUT2D eigenvalue weighted by Crippen LogP contribution is 2.39. The summed E-state index contributed by atoms with van der Waals surface area (Å²) in [4.78, 5) is 0. The molecular weight excluding hydrogens is 330 g/mol. The van der Waals surface area contributed by atoms with Gasteiger partial charge in [0, 0.05) is 11.6 Å². The molecule has 0 aromatic heterocycles. The Morgan fingerprint density at radius 3 is 2.19 bits per heavy atom. The third-order valence-electron chi connectivity index (χ3n) is 4.03. The van der Waals surface area contributed by atoms with Gasteiger partial charge in [0.2, 0.25) is 0 Å². The van der Waals surface area contributed by atoms with Crippen LogP contribution in [0.1, 0.15) is 45.7 Å². The predicted molar refractivity (Wildman–Crippen MR) is 92.3 cm³/mol. The van der Waals surface area contributed by atoms with Gasteiger partial charge in [0.15, 0.2) is 0 Å². The molecule has 0 aliphatic rings. The van der Waals surface area contributed by atoms with Crippen molar-refractivity contribution in [3.63, 3.8) is 0 Å². The maximum atomic E-state index is 5.59. The fourth-order valence-corrected chi connectivity index (χ4v) is 2.88.